The molecule has 0 atom stereocenters. The predicted molar refractivity (Wildman–Crippen MR) is 81.8 cm³/mol. The Kier molecular flexibility index (Phi) is 3.65. The first-order chi connectivity index (χ1) is 11.0. The molecule has 8 heteroatoms. The van der Waals surface area contributed by atoms with Crippen LogP contribution in [0.2, 0.25) is 0 Å². The van der Waals surface area contributed by atoms with E-state index in [-0.39, 0.29) is 24.8 Å². The number of primary amides is 1. The molecule has 0 bridgehead atoms. The summed E-state index contributed by atoms with van der Waals surface area (Å²) in [5.74, 6) is 0.677. The van der Waals surface area contributed by atoms with Crippen molar-refractivity contribution in [1.29, 1.82) is 0 Å². The van der Waals surface area contributed by atoms with Gasteiger partial charge in [0.15, 0.2) is 17.3 Å². The minimum Gasteiger partial charge on any atom is -0.462 e. The van der Waals surface area contributed by atoms with Gasteiger partial charge in [-0.25, -0.2) is 14.6 Å². The standard InChI is InChI=1S/C15H15N3O5/c1-3-21-14(19)9-4-8-5-11-12(23-7-22-11)6-10(8)17-13(9)18(2)15(16)20/h4-6H,3,7H2,1-2H3,(H2,16,20). The third-order valence-corrected chi connectivity index (χ3v) is 3.43. The summed E-state index contributed by atoms with van der Waals surface area (Å²) in [6.45, 7) is 2.03. The van der Waals surface area contributed by atoms with Crippen molar-refractivity contribution in [2.75, 3.05) is 25.3 Å². The first-order valence-corrected chi connectivity index (χ1v) is 6.96. The molecule has 23 heavy (non-hydrogen) atoms. The highest BCUT2D eigenvalue weighted by Gasteiger charge is 2.23. The Hall–Kier alpha value is -3.03. The first kappa shape index (κ1) is 14.9. The van der Waals surface area contributed by atoms with E-state index in [0.29, 0.717) is 22.4 Å². The molecule has 0 unspecified atom stereocenters. The number of carbonyl (C=O) groups is 2. The van der Waals surface area contributed by atoms with E-state index in [9.17, 15) is 9.59 Å². The fourth-order valence-corrected chi connectivity index (χ4v) is 2.27. The Morgan fingerprint density at radius 2 is 2.00 bits per heavy atom. The van der Waals surface area contributed by atoms with Crippen molar-refractivity contribution in [3.8, 4) is 11.5 Å². The lowest BCUT2D eigenvalue weighted by Crippen LogP contribution is -2.34. The molecule has 0 saturated heterocycles. The van der Waals surface area contributed by atoms with Gasteiger partial charge in [-0.15, -0.1) is 0 Å². The summed E-state index contributed by atoms with van der Waals surface area (Å²) >= 11 is 0. The van der Waals surface area contributed by atoms with Crippen LogP contribution in [-0.2, 0) is 4.74 Å². The number of benzene rings is 1. The number of fused-ring (bicyclic) bond motifs is 2. The average molecular weight is 317 g/mol. The molecule has 2 heterocycles. The van der Waals surface area contributed by atoms with Gasteiger partial charge in [0.25, 0.3) is 0 Å². The minimum atomic E-state index is -0.733. The zero-order valence-electron chi connectivity index (χ0n) is 12.7. The van der Waals surface area contributed by atoms with Crippen LogP contribution in [0.1, 0.15) is 17.3 Å². The topological polar surface area (TPSA) is 104 Å². The molecule has 120 valence electrons. The van der Waals surface area contributed by atoms with Crippen molar-refractivity contribution in [1.82, 2.24) is 4.98 Å². The summed E-state index contributed by atoms with van der Waals surface area (Å²) in [4.78, 5) is 29.1. The molecule has 0 fully saturated rings. The lowest BCUT2D eigenvalue weighted by atomic mass is 10.1. The van der Waals surface area contributed by atoms with E-state index in [1.54, 1.807) is 25.1 Å². The van der Waals surface area contributed by atoms with Crippen molar-refractivity contribution in [3.05, 3.63) is 23.8 Å². The zero-order chi connectivity index (χ0) is 16.6. The molecular weight excluding hydrogens is 302 g/mol. The van der Waals surface area contributed by atoms with Gasteiger partial charge in [0.1, 0.15) is 5.56 Å². The SMILES string of the molecule is CCOC(=O)c1cc2cc3c(cc2nc1N(C)C(N)=O)OCO3. The quantitative estimate of drug-likeness (QED) is 0.863. The van der Waals surface area contributed by atoms with Crippen molar-refractivity contribution in [3.63, 3.8) is 0 Å². The van der Waals surface area contributed by atoms with Gasteiger partial charge >= 0.3 is 12.0 Å². The maximum Gasteiger partial charge on any atom is 0.341 e. The van der Waals surface area contributed by atoms with Crippen LogP contribution in [0.25, 0.3) is 10.9 Å². The van der Waals surface area contributed by atoms with Crippen molar-refractivity contribution < 1.29 is 23.8 Å². The van der Waals surface area contributed by atoms with Crippen molar-refractivity contribution >= 4 is 28.7 Å². The van der Waals surface area contributed by atoms with Crippen molar-refractivity contribution in [2.45, 2.75) is 6.92 Å². The Balaban J connectivity index is 2.20. The van der Waals surface area contributed by atoms with Gasteiger partial charge in [-0.2, -0.15) is 0 Å². The Morgan fingerprint density at radius 3 is 2.65 bits per heavy atom. The molecule has 1 aromatic heterocycles. The number of ether oxygens (including phenoxy) is 3. The third-order valence-electron chi connectivity index (χ3n) is 3.43. The number of hydrogen-bond donors (Lipinski definition) is 1. The number of amides is 2. The fourth-order valence-electron chi connectivity index (χ4n) is 2.27. The van der Waals surface area contributed by atoms with E-state index in [1.807, 2.05) is 0 Å². The van der Waals surface area contributed by atoms with Gasteiger partial charge in [0.2, 0.25) is 6.79 Å². The summed E-state index contributed by atoms with van der Waals surface area (Å²) in [6.07, 6.45) is 0. The lowest BCUT2D eigenvalue weighted by molar-refractivity contribution is 0.0527. The van der Waals surface area contributed by atoms with Crippen LogP contribution < -0.4 is 20.1 Å². The number of esters is 1. The number of anilines is 1. The molecule has 3 rings (SSSR count). The second-order valence-electron chi connectivity index (χ2n) is 4.88. The highest BCUT2D eigenvalue weighted by Crippen LogP contribution is 2.37. The van der Waals surface area contributed by atoms with E-state index in [4.69, 9.17) is 19.9 Å². The molecular formula is C15H15N3O5. The Labute approximate surface area is 131 Å². The second-order valence-corrected chi connectivity index (χ2v) is 4.88. The zero-order valence-corrected chi connectivity index (χ0v) is 12.7. The van der Waals surface area contributed by atoms with Gasteiger partial charge in [-0.3, -0.25) is 4.90 Å². The fraction of sp³-hybridized carbons (Fsp3) is 0.267. The molecule has 1 aliphatic heterocycles. The summed E-state index contributed by atoms with van der Waals surface area (Å²) in [6, 6.07) is 4.27. The number of nitrogens with zero attached hydrogens (tertiary/aromatic N) is 2. The van der Waals surface area contributed by atoms with E-state index in [0.717, 1.165) is 4.90 Å². The molecule has 0 spiro atoms. The van der Waals surface area contributed by atoms with Gasteiger partial charge in [-0.1, -0.05) is 0 Å². The average Bonchev–Trinajstić information content (AvgIpc) is 2.97. The number of hydrogen-bond acceptors (Lipinski definition) is 6. The number of urea groups is 1. The highest BCUT2D eigenvalue weighted by molar-refractivity contribution is 6.03. The van der Waals surface area contributed by atoms with Crippen LogP contribution in [0.4, 0.5) is 10.6 Å². The van der Waals surface area contributed by atoms with Gasteiger partial charge in [-0.05, 0) is 19.1 Å². The van der Waals surface area contributed by atoms with Crippen LogP contribution in [-0.4, -0.2) is 37.4 Å². The van der Waals surface area contributed by atoms with Crippen LogP contribution in [0.3, 0.4) is 0 Å². The van der Waals surface area contributed by atoms with Crippen molar-refractivity contribution in [2.24, 2.45) is 5.73 Å². The molecule has 0 aliphatic carbocycles. The molecule has 2 aromatic rings. The third kappa shape index (κ3) is 2.59. The van der Waals surface area contributed by atoms with E-state index in [1.165, 1.54) is 7.05 Å². The molecule has 0 saturated carbocycles. The van der Waals surface area contributed by atoms with Gasteiger partial charge in [0.05, 0.1) is 12.1 Å². The summed E-state index contributed by atoms with van der Waals surface area (Å²) in [7, 11) is 1.44. The van der Waals surface area contributed by atoms with Gasteiger partial charge < -0.3 is 19.9 Å². The summed E-state index contributed by atoms with van der Waals surface area (Å²) < 4.78 is 15.7. The first-order valence-electron chi connectivity index (χ1n) is 6.96. The minimum absolute atomic E-state index is 0.127. The molecule has 2 N–H and O–H groups in total. The number of aromatic nitrogens is 1. The second kappa shape index (κ2) is 5.64. The lowest BCUT2D eigenvalue weighted by Gasteiger charge is -2.17. The largest absolute Gasteiger partial charge is 0.462 e. The van der Waals surface area contributed by atoms with E-state index >= 15 is 0 Å². The Bertz CT molecular complexity index is 805. The molecule has 2 amide bonds. The number of carbonyl (C=O) groups excluding carboxylic acids is 2. The molecule has 0 radical (unpaired) electrons. The molecule has 8 nitrogen and oxygen atoms in total. The molecule has 1 aromatic carbocycles. The summed E-state index contributed by atoms with van der Waals surface area (Å²) in [5.41, 5.74) is 5.99. The van der Waals surface area contributed by atoms with Crippen LogP contribution in [0, 0.1) is 0 Å². The molecule has 1 aliphatic rings. The number of nitrogens with two attached hydrogens (primary N) is 1. The van der Waals surface area contributed by atoms with Gasteiger partial charge in [0, 0.05) is 18.5 Å². The highest BCUT2D eigenvalue weighted by atomic mass is 16.7. The smallest absolute Gasteiger partial charge is 0.341 e. The van der Waals surface area contributed by atoms with E-state index in [2.05, 4.69) is 4.98 Å². The van der Waals surface area contributed by atoms with E-state index < -0.39 is 12.0 Å². The number of rotatable bonds is 3. The maximum absolute atomic E-state index is 12.2. The normalized spacial score (nSPS) is 12.3. The number of pyridine rings is 1. The monoisotopic (exact) mass is 317 g/mol. The maximum atomic E-state index is 12.2. The van der Waals surface area contributed by atoms with Crippen LogP contribution >= 0.6 is 0 Å². The van der Waals surface area contributed by atoms with Crippen LogP contribution in [0.15, 0.2) is 18.2 Å². The predicted octanol–water partition coefficient (Wildman–Crippen LogP) is 1.66. The van der Waals surface area contributed by atoms with Crippen LogP contribution in [0.5, 0.6) is 11.5 Å². The Morgan fingerprint density at radius 1 is 1.30 bits per heavy atom. The summed E-state index contributed by atoms with van der Waals surface area (Å²) in [5, 5.41) is 0.666.